The molecule has 138 valence electrons. The summed E-state index contributed by atoms with van der Waals surface area (Å²) < 4.78 is 4.97. The number of methoxy groups -OCH3 is 1. The van der Waals surface area contributed by atoms with E-state index in [-0.39, 0.29) is 11.8 Å². The molecule has 0 aliphatic heterocycles. The molecule has 26 heavy (non-hydrogen) atoms. The lowest BCUT2D eigenvalue weighted by Gasteiger charge is -2.21. The van der Waals surface area contributed by atoms with Gasteiger partial charge in [-0.25, -0.2) is 0 Å². The van der Waals surface area contributed by atoms with Crippen LogP contribution in [-0.2, 0) is 11.3 Å². The maximum Gasteiger partial charge on any atom is 0.254 e. The van der Waals surface area contributed by atoms with Gasteiger partial charge in [-0.05, 0) is 37.1 Å². The highest BCUT2D eigenvalue weighted by atomic mass is 16.5. The van der Waals surface area contributed by atoms with Crippen LogP contribution in [0.1, 0.15) is 39.6 Å². The predicted octanol–water partition coefficient (Wildman–Crippen LogP) is 3.12. The first-order valence-electron chi connectivity index (χ1n) is 8.86. The molecule has 2 amide bonds. The summed E-state index contributed by atoms with van der Waals surface area (Å²) in [6.07, 6.45) is 0.752. The molecule has 0 aromatic heterocycles. The molecule has 5 heteroatoms. The van der Waals surface area contributed by atoms with Crippen molar-refractivity contribution < 1.29 is 14.3 Å². The van der Waals surface area contributed by atoms with Gasteiger partial charge >= 0.3 is 0 Å². The fraction of sp³-hybridized carbons (Fsp3) is 0.333. The lowest BCUT2D eigenvalue weighted by Crippen LogP contribution is -2.31. The second-order valence-electron chi connectivity index (χ2n) is 5.99. The number of hydrogen-bond acceptors (Lipinski definition) is 3. The normalized spacial score (nSPS) is 10.4. The van der Waals surface area contributed by atoms with Crippen LogP contribution in [0.4, 0.5) is 0 Å². The van der Waals surface area contributed by atoms with E-state index in [9.17, 15) is 9.59 Å². The van der Waals surface area contributed by atoms with E-state index in [0.29, 0.717) is 37.4 Å². The van der Waals surface area contributed by atoms with Crippen molar-refractivity contribution in [3.05, 3.63) is 71.3 Å². The molecule has 0 heterocycles. The first-order valence-corrected chi connectivity index (χ1v) is 8.86. The monoisotopic (exact) mass is 354 g/mol. The first kappa shape index (κ1) is 19.7. The Labute approximate surface area is 155 Å². The molecule has 0 saturated carbocycles. The molecule has 0 aliphatic rings. The van der Waals surface area contributed by atoms with E-state index in [1.807, 2.05) is 37.3 Å². The number of nitrogens with one attached hydrogen (secondary N) is 1. The molecule has 0 atom stereocenters. The highest BCUT2D eigenvalue weighted by Gasteiger charge is 2.16. The summed E-state index contributed by atoms with van der Waals surface area (Å²) in [4.78, 5) is 26.8. The van der Waals surface area contributed by atoms with Gasteiger partial charge < -0.3 is 15.0 Å². The van der Waals surface area contributed by atoms with E-state index in [0.717, 1.165) is 12.0 Å². The minimum Gasteiger partial charge on any atom is -0.385 e. The molecule has 0 saturated heterocycles. The summed E-state index contributed by atoms with van der Waals surface area (Å²) in [5.41, 5.74) is 2.09. The van der Waals surface area contributed by atoms with Crippen molar-refractivity contribution in [2.45, 2.75) is 19.9 Å². The summed E-state index contributed by atoms with van der Waals surface area (Å²) in [5, 5.41) is 2.84. The Morgan fingerprint density at radius 2 is 1.77 bits per heavy atom. The van der Waals surface area contributed by atoms with Crippen LogP contribution >= 0.6 is 0 Å². The van der Waals surface area contributed by atoms with Crippen LogP contribution < -0.4 is 5.32 Å². The van der Waals surface area contributed by atoms with Gasteiger partial charge in [0.25, 0.3) is 11.8 Å². The average Bonchev–Trinajstić information content (AvgIpc) is 2.69. The average molecular weight is 354 g/mol. The number of rotatable bonds is 9. The number of carbonyl (C=O) groups is 2. The van der Waals surface area contributed by atoms with Crippen molar-refractivity contribution in [2.24, 2.45) is 0 Å². The Balaban J connectivity index is 2.04. The van der Waals surface area contributed by atoms with Gasteiger partial charge in [0.2, 0.25) is 0 Å². The summed E-state index contributed by atoms with van der Waals surface area (Å²) in [6.45, 7) is 4.24. The van der Waals surface area contributed by atoms with Gasteiger partial charge in [0.1, 0.15) is 0 Å². The quantitative estimate of drug-likeness (QED) is 0.704. The van der Waals surface area contributed by atoms with E-state index >= 15 is 0 Å². The van der Waals surface area contributed by atoms with Gasteiger partial charge in [-0.2, -0.15) is 0 Å². The summed E-state index contributed by atoms with van der Waals surface area (Å²) >= 11 is 0. The second kappa shape index (κ2) is 10.4. The number of benzene rings is 2. The number of hydrogen-bond donors (Lipinski definition) is 1. The molecule has 0 fully saturated rings. The van der Waals surface area contributed by atoms with Crippen LogP contribution in [-0.4, -0.2) is 43.5 Å². The molecule has 0 aliphatic carbocycles. The standard InChI is InChI=1S/C21H26N2O3/c1-3-23(16-17-9-5-4-6-10-17)21(25)19-12-7-11-18(15-19)20(24)22-13-8-14-26-2/h4-7,9-12,15H,3,8,13-14,16H2,1-2H3,(H,22,24). The lowest BCUT2D eigenvalue weighted by molar-refractivity contribution is 0.0752. The van der Waals surface area contributed by atoms with Crippen molar-refractivity contribution in [1.29, 1.82) is 0 Å². The van der Waals surface area contributed by atoms with Crippen LogP contribution in [0, 0.1) is 0 Å². The van der Waals surface area contributed by atoms with Gasteiger partial charge in [0, 0.05) is 44.5 Å². The molecule has 0 radical (unpaired) electrons. The molecule has 2 aromatic rings. The topological polar surface area (TPSA) is 58.6 Å². The SMILES string of the molecule is CCN(Cc1ccccc1)C(=O)c1cccc(C(=O)NCCCOC)c1. The molecular weight excluding hydrogens is 328 g/mol. The number of ether oxygens (including phenoxy) is 1. The van der Waals surface area contributed by atoms with Gasteiger partial charge in [-0.3, -0.25) is 9.59 Å². The van der Waals surface area contributed by atoms with E-state index in [4.69, 9.17) is 4.74 Å². The molecule has 5 nitrogen and oxygen atoms in total. The summed E-state index contributed by atoms with van der Waals surface area (Å²) in [6, 6.07) is 16.7. The summed E-state index contributed by atoms with van der Waals surface area (Å²) in [5.74, 6) is -0.257. The zero-order chi connectivity index (χ0) is 18.8. The van der Waals surface area contributed by atoms with Gasteiger partial charge in [-0.1, -0.05) is 36.4 Å². The zero-order valence-electron chi connectivity index (χ0n) is 15.4. The van der Waals surface area contributed by atoms with E-state index in [1.165, 1.54) is 0 Å². The molecule has 2 rings (SSSR count). The molecule has 1 N–H and O–H groups in total. The van der Waals surface area contributed by atoms with Crippen molar-refractivity contribution in [1.82, 2.24) is 10.2 Å². The van der Waals surface area contributed by atoms with Crippen LogP contribution in [0.2, 0.25) is 0 Å². The Morgan fingerprint density at radius 3 is 2.46 bits per heavy atom. The van der Waals surface area contributed by atoms with E-state index in [1.54, 1.807) is 36.3 Å². The predicted molar refractivity (Wildman–Crippen MR) is 102 cm³/mol. The van der Waals surface area contributed by atoms with Crippen molar-refractivity contribution in [3.63, 3.8) is 0 Å². The molecule has 0 bridgehead atoms. The minimum absolute atomic E-state index is 0.0783. The van der Waals surface area contributed by atoms with Crippen LogP contribution in [0.5, 0.6) is 0 Å². The Bertz CT molecular complexity index is 716. The third-order valence-electron chi connectivity index (χ3n) is 4.07. The molecule has 2 aromatic carbocycles. The smallest absolute Gasteiger partial charge is 0.254 e. The first-order chi connectivity index (χ1) is 12.7. The van der Waals surface area contributed by atoms with Crippen LogP contribution in [0.3, 0.4) is 0 Å². The largest absolute Gasteiger partial charge is 0.385 e. The summed E-state index contributed by atoms with van der Waals surface area (Å²) in [7, 11) is 1.63. The number of carbonyl (C=O) groups excluding carboxylic acids is 2. The van der Waals surface area contributed by atoms with E-state index in [2.05, 4.69) is 5.32 Å². The Hall–Kier alpha value is -2.66. The van der Waals surface area contributed by atoms with Crippen molar-refractivity contribution in [3.8, 4) is 0 Å². The van der Waals surface area contributed by atoms with Crippen LogP contribution in [0.25, 0.3) is 0 Å². The van der Waals surface area contributed by atoms with Crippen molar-refractivity contribution in [2.75, 3.05) is 26.8 Å². The fourth-order valence-electron chi connectivity index (χ4n) is 2.63. The maximum atomic E-state index is 12.8. The third kappa shape index (κ3) is 5.70. The van der Waals surface area contributed by atoms with Crippen LogP contribution in [0.15, 0.2) is 54.6 Å². The third-order valence-corrected chi connectivity index (χ3v) is 4.07. The highest BCUT2D eigenvalue weighted by Crippen LogP contribution is 2.12. The molecule has 0 spiro atoms. The number of amides is 2. The fourth-order valence-corrected chi connectivity index (χ4v) is 2.63. The molecular formula is C21H26N2O3. The van der Waals surface area contributed by atoms with Crippen molar-refractivity contribution >= 4 is 11.8 Å². The lowest BCUT2D eigenvalue weighted by atomic mass is 10.1. The van der Waals surface area contributed by atoms with E-state index < -0.39 is 0 Å². The highest BCUT2D eigenvalue weighted by molar-refractivity contribution is 5.99. The number of nitrogens with zero attached hydrogens (tertiary/aromatic N) is 1. The Morgan fingerprint density at radius 1 is 1.04 bits per heavy atom. The maximum absolute atomic E-state index is 12.8. The minimum atomic E-state index is -0.179. The Kier molecular flexibility index (Phi) is 7.83. The van der Waals surface area contributed by atoms with Gasteiger partial charge in [0.05, 0.1) is 0 Å². The zero-order valence-corrected chi connectivity index (χ0v) is 15.4. The second-order valence-corrected chi connectivity index (χ2v) is 5.99. The molecule has 0 unspecified atom stereocenters. The van der Waals surface area contributed by atoms with Gasteiger partial charge in [0.15, 0.2) is 0 Å². The van der Waals surface area contributed by atoms with Gasteiger partial charge in [-0.15, -0.1) is 0 Å².